The lowest BCUT2D eigenvalue weighted by atomic mass is 9.92. The molecule has 0 aromatic heterocycles. The van der Waals surface area contributed by atoms with Crippen LogP contribution in [0.3, 0.4) is 0 Å². The number of carbonyl (C=O) groups is 2. The number of aliphatic hydroxyl groups is 1. The number of nitrogens with zero attached hydrogens (tertiary/aromatic N) is 1. The second-order valence-corrected chi connectivity index (χ2v) is 8.43. The predicted molar refractivity (Wildman–Crippen MR) is 122 cm³/mol. The number of benzene rings is 2. The van der Waals surface area contributed by atoms with Gasteiger partial charge in [0.1, 0.15) is 11.5 Å². The van der Waals surface area contributed by atoms with E-state index in [-0.39, 0.29) is 11.3 Å². The third-order valence-electron chi connectivity index (χ3n) is 5.49. The number of likely N-dealkylation sites (tertiary alicyclic amines) is 1. The normalized spacial score (nSPS) is 18.1. The Labute approximate surface area is 184 Å². The number of amides is 1. The van der Waals surface area contributed by atoms with Crippen molar-refractivity contribution in [1.82, 2.24) is 4.90 Å². The van der Waals surface area contributed by atoms with Gasteiger partial charge >= 0.3 is 0 Å². The second kappa shape index (κ2) is 9.82. The molecule has 0 aliphatic carbocycles. The Kier molecular flexibility index (Phi) is 7.16. The van der Waals surface area contributed by atoms with Gasteiger partial charge in [-0.25, -0.2) is 0 Å². The van der Waals surface area contributed by atoms with Crippen molar-refractivity contribution in [3.05, 3.63) is 70.8 Å². The fourth-order valence-electron chi connectivity index (χ4n) is 3.78. The first-order chi connectivity index (χ1) is 14.8. The van der Waals surface area contributed by atoms with Gasteiger partial charge < -0.3 is 14.7 Å². The second-order valence-electron chi connectivity index (χ2n) is 8.43. The van der Waals surface area contributed by atoms with Crippen LogP contribution in [0.25, 0.3) is 5.76 Å². The summed E-state index contributed by atoms with van der Waals surface area (Å²) in [6, 6.07) is 14.1. The Morgan fingerprint density at radius 1 is 1.10 bits per heavy atom. The minimum atomic E-state index is -0.637. The number of aryl methyl sites for hydroxylation is 1. The zero-order chi connectivity index (χ0) is 22.5. The van der Waals surface area contributed by atoms with Crippen molar-refractivity contribution in [3.63, 3.8) is 0 Å². The molecule has 1 saturated heterocycles. The Hall–Kier alpha value is -3.08. The Morgan fingerprint density at radius 3 is 2.39 bits per heavy atom. The molecular weight excluding hydrogens is 390 g/mol. The van der Waals surface area contributed by atoms with Gasteiger partial charge in [-0.2, -0.15) is 0 Å². The fraction of sp³-hybridized carbons (Fsp3) is 0.385. The molecule has 1 aliphatic heterocycles. The highest BCUT2D eigenvalue weighted by molar-refractivity contribution is 6.46. The molecule has 5 heteroatoms. The summed E-state index contributed by atoms with van der Waals surface area (Å²) in [5.41, 5.74) is 2.46. The van der Waals surface area contributed by atoms with Crippen LogP contribution in [0, 0.1) is 12.8 Å². The number of unbranched alkanes of at least 4 members (excludes halogenated alkanes) is 1. The van der Waals surface area contributed by atoms with Gasteiger partial charge in [-0.15, -0.1) is 0 Å². The number of ether oxygens (including phenoxy) is 1. The van der Waals surface area contributed by atoms with Gasteiger partial charge in [0.05, 0.1) is 18.2 Å². The van der Waals surface area contributed by atoms with Crippen molar-refractivity contribution in [1.29, 1.82) is 0 Å². The van der Waals surface area contributed by atoms with E-state index in [1.54, 1.807) is 29.2 Å². The van der Waals surface area contributed by atoms with Crippen molar-refractivity contribution >= 4 is 17.4 Å². The first kappa shape index (κ1) is 22.6. The standard InChI is InChI=1S/C26H31NO4/c1-5-6-15-27-23(21-10-8-7-9-18(21)4)22(25(29)26(27)30)24(28)19-11-13-20(14-12-19)31-16-17(2)3/h7-14,17,23,28H,5-6,15-16H2,1-4H3/b24-22-. The molecule has 0 bridgehead atoms. The lowest BCUT2D eigenvalue weighted by Gasteiger charge is -2.26. The van der Waals surface area contributed by atoms with Crippen LogP contribution >= 0.6 is 0 Å². The van der Waals surface area contributed by atoms with Crippen LogP contribution in [0.15, 0.2) is 54.1 Å². The number of ketones is 1. The maximum Gasteiger partial charge on any atom is 0.295 e. The summed E-state index contributed by atoms with van der Waals surface area (Å²) < 4.78 is 5.71. The van der Waals surface area contributed by atoms with Crippen LogP contribution in [-0.2, 0) is 9.59 Å². The first-order valence-corrected chi connectivity index (χ1v) is 10.9. The van der Waals surface area contributed by atoms with Crippen LogP contribution in [0.5, 0.6) is 5.75 Å². The molecular formula is C26H31NO4. The van der Waals surface area contributed by atoms with Gasteiger partial charge in [0, 0.05) is 12.1 Å². The number of hydrogen-bond acceptors (Lipinski definition) is 4. The maximum absolute atomic E-state index is 13.0. The third-order valence-corrected chi connectivity index (χ3v) is 5.49. The summed E-state index contributed by atoms with van der Waals surface area (Å²) >= 11 is 0. The number of aliphatic hydroxyl groups excluding tert-OH is 1. The molecule has 0 saturated carbocycles. The van der Waals surface area contributed by atoms with E-state index in [0.717, 1.165) is 24.0 Å². The summed E-state index contributed by atoms with van der Waals surface area (Å²) in [5, 5.41) is 11.1. The van der Waals surface area contributed by atoms with E-state index < -0.39 is 17.7 Å². The number of Topliss-reactive ketones (excluding diaryl/α,β-unsaturated/α-hetero) is 1. The first-order valence-electron chi connectivity index (χ1n) is 10.9. The Bertz CT molecular complexity index is 975. The number of carbonyl (C=O) groups excluding carboxylic acids is 2. The summed E-state index contributed by atoms with van der Waals surface area (Å²) in [4.78, 5) is 27.5. The van der Waals surface area contributed by atoms with E-state index >= 15 is 0 Å². The van der Waals surface area contributed by atoms with E-state index in [0.29, 0.717) is 30.4 Å². The minimum Gasteiger partial charge on any atom is -0.507 e. The summed E-state index contributed by atoms with van der Waals surface area (Å²) in [5.74, 6) is -0.242. The molecule has 1 amide bonds. The van der Waals surface area contributed by atoms with Crippen molar-refractivity contribution in [2.75, 3.05) is 13.2 Å². The molecule has 31 heavy (non-hydrogen) atoms. The van der Waals surface area contributed by atoms with E-state index in [1.807, 2.05) is 38.1 Å². The highest BCUT2D eigenvalue weighted by atomic mass is 16.5. The topological polar surface area (TPSA) is 66.8 Å². The highest BCUT2D eigenvalue weighted by Gasteiger charge is 2.46. The van der Waals surface area contributed by atoms with Gasteiger partial charge in [-0.1, -0.05) is 51.5 Å². The molecule has 164 valence electrons. The summed E-state index contributed by atoms with van der Waals surface area (Å²) in [6.45, 7) is 9.21. The Balaban J connectivity index is 2.04. The molecule has 1 atom stereocenters. The lowest BCUT2D eigenvalue weighted by Crippen LogP contribution is -2.30. The van der Waals surface area contributed by atoms with Gasteiger partial charge in [0.25, 0.3) is 11.7 Å². The van der Waals surface area contributed by atoms with Crippen LogP contribution in [0.1, 0.15) is 56.3 Å². The predicted octanol–water partition coefficient (Wildman–Crippen LogP) is 5.25. The molecule has 5 nitrogen and oxygen atoms in total. The average molecular weight is 422 g/mol. The van der Waals surface area contributed by atoms with E-state index in [9.17, 15) is 14.7 Å². The molecule has 0 spiro atoms. The highest BCUT2D eigenvalue weighted by Crippen LogP contribution is 2.40. The maximum atomic E-state index is 13.0. The molecule has 2 aromatic rings. The number of hydrogen-bond donors (Lipinski definition) is 1. The molecule has 1 unspecified atom stereocenters. The average Bonchev–Trinajstić information content (AvgIpc) is 3.01. The van der Waals surface area contributed by atoms with E-state index in [4.69, 9.17) is 4.74 Å². The van der Waals surface area contributed by atoms with Crippen molar-refractivity contribution < 1.29 is 19.4 Å². The quantitative estimate of drug-likeness (QED) is 0.359. The molecule has 1 N–H and O–H groups in total. The van der Waals surface area contributed by atoms with Gasteiger partial charge in [0.2, 0.25) is 0 Å². The summed E-state index contributed by atoms with van der Waals surface area (Å²) in [6.07, 6.45) is 1.69. The third kappa shape index (κ3) is 4.82. The minimum absolute atomic E-state index is 0.145. The zero-order valence-corrected chi connectivity index (χ0v) is 18.7. The lowest BCUT2D eigenvalue weighted by molar-refractivity contribution is -0.139. The Morgan fingerprint density at radius 2 is 1.77 bits per heavy atom. The van der Waals surface area contributed by atoms with Crippen molar-refractivity contribution in [2.45, 2.75) is 46.6 Å². The monoisotopic (exact) mass is 421 g/mol. The van der Waals surface area contributed by atoms with Crippen LogP contribution in [0.4, 0.5) is 0 Å². The molecule has 1 fully saturated rings. The van der Waals surface area contributed by atoms with Crippen LogP contribution in [0.2, 0.25) is 0 Å². The van der Waals surface area contributed by atoms with Gasteiger partial charge in [0.15, 0.2) is 0 Å². The van der Waals surface area contributed by atoms with Crippen LogP contribution in [-0.4, -0.2) is 34.8 Å². The fourth-order valence-corrected chi connectivity index (χ4v) is 3.78. The van der Waals surface area contributed by atoms with E-state index in [2.05, 4.69) is 13.8 Å². The zero-order valence-electron chi connectivity index (χ0n) is 18.7. The molecule has 0 radical (unpaired) electrons. The van der Waals surface area contributed by atoms with Gasteiger partial charge in [-0.05, 0) is 54.7 Å². The van der Waals surface area contributed by atoms with Gasteiger partial charge in [-0.3, -0.25) is 9.59 Å². The van der Waals surface area contributed by atoms with Crippen LogP contribution < -0.4 is 4.74 Å². The molecule has 3 rings (SSSR count). The number of rotatable bonds is 8. The van der Waals surface area contributed by atoms with Crippen molar-refractivity contribution in [2.24, 2.45) is 5.92 Å². The largest absolute Gasteiger partial charge is 0.507 e. The summed E-state index contributed by atoms with van der Waals surface area (Å²) in [7, 11) is 0. The SMILES string of the molecule is CCCCN1C(=O)C(=O)/C(=C(\O)c2ccc(OCC(C)C)cc2)C1c1ccccc1C. The molecule has 1 heterocycles. The van der Waals surface area contributed by atoms with Crippen molar-refractivity contribution in [3.8, 4) is 5.75 Å². The smallest absolute Gasteiger partial charge is 0.295 e. The molecule has 2 aromatic carbocycles. The van der Waals surface area contributed by atoms with E-state index in [1.165, 1.54) is 0 Å². The molecule has 1 aliphatic rings.